The number of nitrogens with zero attached hydrogens (tertiary/aromatic N) is 3. The van der Waals surface area contributed by atoms with Gasteiger partial charge in [0.05, 0.1) is 12.9 Å². The van der Waals surface area contributed by atoms with E-state index in [0.29, 0.717) is 11.0 Å². The van der Waals surface area contributed by atoms with Gasteiger partial charge in [-0.3, -0.25) is 9.36 Å². The SMILES string of the molecule is COC(=O)CSc1nnc(-c2ccc(O)cc2)n1-c1ccccc1. The van der Waals surface area contributed by atoms with Gasteiger partial charge in [0.1, 0.15) is 5.75 Å². The van der Waals surface area contributed by atoms with E-state index >= 15 is 0 Å². The Hall–Kier alpha value is -2.80. The van der Waals surface area contributed by atoms with Crippen molar-refractivity contribution >= 4 is 17.7 Å². The maximum atomic E-state index is 11.4. The Kier molecular flexibility index (Phi) is 4.81. The van der Waals surface area contributed by atoms with Gasteiger partial charge in [-0.25, -0.2) is 0 Å². The second-order valence-corrected chi connectivity index (χ2v) is 5.83. The number of rotatable bonds is 5. The lowest BCUT2D eigenvalue weighted by atomic mass is 10.2. The number of thioether (sulfide) groups is 1. The average Bonchev–Trinajstić information content (AvgIpc) is 3.05. The van der Waals surface area contributed by atoms with Crippen LogP contribution in [-0.2, 0) is 9.53 Å². The molecule has 7 heteroatoms. The van der Waals surface area contributed by atoms with Gasteiger partial charge in [0.15, 0.2) is 11.0 Å². The van der Waals surface area contributed by atoms with Crippen molar-refractivity contribution in [2.75, 3.05) is 12.9 Å². The van der Waals surface area contributed by atoms with E-state index in [9.17, 15) is 9.90 Å². The molecule has 24 heavy (non-hydrogen) atoms. The maximum Gasteiger partial charge on any atom is 0.316 e. The normalized spacial score (nSPS) is 10.5. The van der Waals surface area contributed by atoms with Gasteiger partial charge in [-0.2, -0.15) is 0 Å². The lowest BCUT2D eigenvalue weighted by Crippen LogP contribution is -2.05. The molecule has 0 saturated heterocycles. The number of ether oxygens (including phenoxy) is 1. The molecule has 0 amide bonds. The molecule has 0 aliphatic carbocycles. The predicted octanol–water partition coefficient (Wildman–Crippen LogP) is 2.91. The zero-order valence-electron chi connectivity index (χ0n) is 12.9. The molecule has 0 radical (unpaired) electrons. The van der Waals surface area contributed by atoms with Crippen molar-refractivity contribution in [3.05, 3.63) is 54.6 Å². The fourth-order valence-electron chi connectivity index (χ4n) is 2.15. The molecular formula is C17H15N3O3S. The number of para-hydroxylation sites is 1. The summed E-state index contributed by atoms with van der Waals surface area (Å²) in [4.78, 5) is 11.4. The number of methoxy groups -OCH3 is 1. The van der Waals surface area contributed by atoms with E-state index in [4.69, 9.17) is 0 Å². The van der Waals surface area contributed by atoms with Crippen molar-refractivity contribution in [2.24, 2.45) is 0 Å². The molecule has 2 aromatic carbocycles. The first kappa shape index (κ1) is 16.1. The Labute approximate surface area is 143 Å². The van der Waals surface area contributed by atoms with Gasteiger partial charge in [-0.15, -0.1) is 10.2 Å². The molecule has 0 atom stereocenters. The second-order valence-electron chi connectivity index (χ2n) is 4.89. The molecule has 1 heterocycles. The number of esters is 1. The van der Waals surface area contributed by atoms with E-state index in [1.54, 1.807) is 24.3 Å². The van der Waals surface area contributed by atoms with Crippen LogP contribution in [-0.4, -0.2) is 38.7 Å². The monoisotopic (exact) mass is 341 g/mol. The fraction of sp³-hybridized carbons (Fsp3) is 0.118. The Balaban J connectivity index is 2.04. The summed E-state index contributed by atoms with van der Waals surface area (Å²) in [6, 6.07) is 16.4. The third-order valence-corrected chi connectivity index (χ3v) is 4.22. The quantitative estimate of drug-likeness (QED) is 0.568. The van der Waals surface area contributed by atoms with Gasteiger partial charge >= 0.3 is 5.97 Å². The van der Waals surface area contributed by atoms with Crippen LogP contribution in [0.2, 0.25) is 0 Å². The van der Waals surface area contributed by atoms with Gasteiger partial charge in [0.25, 0.3) is 0 Å². The topological polar surface area (TPSA) is 77.2 Å². The number of phenolic OH excluding ortho intramolecular Hbond substituents is 1. The highest BCUT2D eigenvalue weighted by atomic mass is 32.2. The van der Waals surface area contributed by atoms with Crippen LogP contribution in [0.4, 0.5) is 0 Å². The smallest absolute Gasteiger partial charge is 0.316 e. The minimum absolute atomic E-state index is 0.150. The lowest BCUT2D eigenvalue weighted by Gasteiger charge is -2.10. The highest BCUT2D eigenvalue weighted by Crippen LogP contribution is 2.28. The zero-order valence-corrected chi connectivity index (χ0v) is 13.7. The molecule has 3 rings (SSSR count). The highest BCUT2D eigenvalue weighted by molar-refractivity contribution is 7.99. The van der Waals surface area contributed by atoms with Crippen LogP contribution in [0.5, 0.6) is 5.75 Å². The van der Waals surface area contributed by atoms with Crippen LogP contribution in [0, 0.1) is 0 Å². The molecule has 3 aromatic rings. The van der Waals surface area contributed by atoms with Crippen molar-refractivity contribution in [2.45, 2.75) is 5.16 Å². The third-order valence-electron chi connectivity index (χ3n) is 3.32. The molecule has 0 saturated carbocycles. The zero-order chi connectivity index (χ0) is 16.9. The average molecular weight is 341 g/mol. The first-order chi connectivity index (χ1) is 11.7. The first-order valence-electron chi connectivity index (χ1n) is 7.19. The lowest BCUT2D eigenvalue weighted by molar-refractivity contribution is -0.137. The maximum absolute atomic E-state index is 11.4. The van der Waals surface area contributed by atoms with Gasteiger partial charge in [-0.1, -0.05) is 30.0 Å². The number of phenols is 1. The van der Waals surface area contributed by atoms with Crippen LogP contribution >= 0.6 is 11.8 Å². The summed E-state index contributed by atoms with van der Waals surface area (Å²) in [6.07, 6.45) is 0. The van der Waals surface area contributed by atoms with Crippen LogP contribution in [0.15, 0.2) is 59.8 Å². The Morgan fingerprint density at radius 2 is 1.83 bits per heavy atom. The Morgan fingerprint density at radius 3 is 2.50 bits per heavy atom. The minimum Gasteiger partial charge on any atom is -0.508 e. The molecule has 0 unspecified atom stereocenters. The molecule has 0 spiro atoms. The fourth-order valence-corrected chi connectivity index (χ4v) is 2.94. The summed E-state index contributed by atoms with van der Waals surface area (Å²) < 4.78 is 6.55. The molecule has 0 aliphatic heterocycles. The van der Waals surface area contributed by atoms with E-state index in [-0.39, 0.29) is 17.5 Å². The summed E-state index contributed by atoms with van der Waals surface area (Å²) >= 11 is 1.26. The first-order valence-corrected chi connectivity index (χ1v) is 8.17. The molecule has 1 N–H and O–H groups in total. The molecule has 0 bridgehead atoms. The van der Waals surface area contributed by atoms with Crippen LogP contribution in [0.25, 0.3) is 17.1 Å². The van der Waals surface area contributed by atoms with Crippen molar-refractivity contribution < 1.29 is 14.6 Å². The number of carbonyl (C=O) groups is 1. The highest BCUT2D eigenvalue weighted by Gasteiger charge is 2.17. The molecular weight excluding hydrogens is 326 g/mol. The van der Waals surface area contributed by atoms with Crippen LogP contribution in [0.1, 0.15) is 0 Å². The molecule has 0 fully saturated rings. The molecule has 122 valence electrons. The number of carbonyl (C=O) groups excluding carboxylic acids is 1. The molecule has 1 aromatic heterocycles. The summed E-state index contributed by atoms with van der Waals surface area (Å²) in [5.41, 5.74) is 1.70. The van der Waals surface area contributed by atoms with Gasteiger partial charge in [0.2, 0.25) is 0 Å². The number of benzene rings is 2. The number of aromatic nitrogens is 3. The second kappa shape index (κ2) is 7.18. The van der Waals surface area contributed by atoms with E-state index in [2.05, 4.69) is 14.9 Å². The van der Waals surface area contributed by atoms with Gasteiger partial charge < -0.3 is 9.84 Å². The van der Waals surface area contributed by atoms with E-state index in [1.807, 2.05) is 34.9 Å². The Morgan fingerprint density at radius 1 is 1.12 bits per heavy atom. The molecule has 6 nitrogen and oxygen atoms in total. The van der Waals surface area contributed by atoms with E-state index in [0.717, 1.165) is 11.3 Å². The standard InChI is InChI=1S/C17H15N3O3S/c1-23-15(22)11-24-17-19-18-16(12-7-9-14(21)10-8-12)20(17)13-5-3-2-4-6-13/h2-10,21H,11H2,1H3. The minimum atomic E-state index is -0.325. The number of aromatic hydroxyl groups is 1. The molecule has 0 aliphatic rings. The van der Waals surface area contributed by atoms with Crippen LogP contribution < -0.4 is 0 Å². The third kappa shape index (κ3) is 3.41. The Bertz CT molecular complexity index is 832. The summed E-state index contributed by atoms with van der Waals surface area (Å²) in [5, 5.41) is 18.5. The van der Waals surface area contributed by atoms with Crippen molar-refractivity contribution in [1.82, 2.24) is 14.8 Å². The van der Waals surface area contributed by atoms with Crippen LogP contribution in [0.3, 0.4) is 0 Å². The van der Waals surface area contributed by atoms with Gasteiger partial charge in [-0.05, 0) is 36.4 Å². The largest absolute Gasteiger partial charge is 0.508 e. The van der Waals surface area contributed by atoms with E-state index < -0.39 is 0 Å². The number of hydrogen-bond acceptors (Lipinski definition) is 6. The van der Waals surface area contributed by atoms with Crippen molar-refractivity contribution in [3.8, 4) is 22.8 Å². The summed E-state index contributed by atoms with van der Waals surface area (Å²) in [7, 11) is 1.35. The van der Waals surface area contributed by atoms with E-state index in [1.165, 1.54) is 18.9 Å². The summed E-state index contributed by atoms with van der Waals surface area (Å²) in [6.45, 7) is 0. The van der Waals surface area contributed by atoms with Gasteiger partial charge in [0, 0.05) is 11.3 Å². The van der Waals surface area contributed by atoms with Crippen molar-refractivity contribution in [1.29, 1.82) is 0 Å². The van der Waals surface area contributed by atoms with Crippen molar-refractivity contribution in [3.63, 3.8) is 0 Å². The predicted molar refractivity (Wildman–Crippen MR) is 91.2 cm³/mol. The number of hydrogen-bond donors (Lipinski definition) is 1. The summed E-state index contributed by atoms with van der Waals surface area (Å²) in [5.74, 6) is 0.643.